The van der Waals surface area contributed by atoms with Crippen LogP contribution in [0.1, 0.15) is 12.5 Å². The number of rotatable bonds is 3. The topological polar surface area (TPSA) is 57.2 Å². The maximum Gasteiger partial charge on any atom is 1.00 e. The van der Waals surface area contributed by atoms with Crippen LogP contribution in [0.25, 0.3) is 0 Å². The first-order chi connectivity index (χ1) is 6.50. The summed E-state index contributed by atoms with van der Waals surface area (Å²) in [7, 11) is 0. The third-order valence-corrected chi connectivity index (χ3v) is 2.30. The molecule has 0 heterocycles. The molecule has 76 valence electrons. The van der Waals surface area contributed by atoms with Gasteiger partial charge in [-0.25, -0.2) is 4.39 Å². The van der Waals surface area contributed by atoms with Crippen LogP contribution < -0.4 is 29.6 Å². The summed E-state index contributed by atoms with van der Waals surface area (Å²) in [4.78, 5) is 10.3. The Morgan fingerprint density at radius 3 is 2.60 bits per heavy atom. The van der Waals surface area contributed by atoms with Crippen LogP contribution in [0.2, 0.25) is 0 Å². The molecule has 6 heteroatoms. The van der Waals surface area contributed by atoms with Gasteiger partial charge in [-0.3, -0.25) is 9.00 Å². The van der Waals surface area contributed by atoms with E-state index < -0.39 is 21.8 Å². The zero-order valence-corrected chi connectivity index (χ0v) is 11.3. The Hall–Kier alpha value is -0.0700. The fourth-order valence-electron chi connectivity index (χ4n) is 1.07. The fourth-order valence-corrected chi connectivity index (χ4v) is 1.55. The maximum atomic E-state index is 12.9. The van der Waals surface area contributed by atoms with Crippen molar-refractivity contribution in [3.8, 4) is 0 Å². The fraction of sp³-hybridized carbons (Fsp3) is 0.222. The summed E-state index contributed by atoms with van der Waals surface area (Å²) in [6, 6.07) is 3.61. The Bertz CT molecular complexity index is 395. The summed E-state index contributed by atoms with van der Waals surface area (Å²) in [6.45, 7) is 1.39. The van der Waals surface area contributed by atoms with E-state index in [0.29, 0.717) is 5.56 Å². The number of ketones is 1. The van der Waals surface area contributed by atoms with Gasteiger partial charge in [0.05, 0.1) is 4.90 Å². The Balaban J connectivity index is 0.00000196. The van der Waals surface area contributed by atoms with Crippen molar-refractivity contribution in [1.82, 2.24) is 0 Å². The van der Waals surface area contributed by atoms with E-state index in [1.807, 2.05) is 0 Å². The Morgan fingerprint density at radius 1 is 1.53 bits per heavy atom. The van der Waals surface area contributed by atoms with Crippen molar-refractivity contribution in [2.45, 2.75) is 18.2 Å². The molecule has 0 amide bonds. The van der Waals surface area contributed by atoms with Gasteiger partial charge in [-0.15, -0.1) is 0 Å². The molecule has 0 fully saturated rings. The molecule has 0 saturated carbocycles. The van der Waals surface area contributed by atoms with Crippen molar-refractivity contribution in [2.24, 2.45) is 0 Å². The molecule has 15 heavy (non-hydrogen) atoms. The summed E-state index contributed by atoms with van der Waals surface area (Å²) in [5.41, 5.74) is 0.498. The molecule has 0 N–H and O–H groups in total. The number of hydrogen-bond acceptors (Lipinski definition) is 3. The predicted molar refractivity (Wildman–Crippen MR) is 48.0 cm³/mol. The van der Waals surface area contributed by atoms with Crippen LogP contribution in [0.15, 0.2) is 23.1 Å². The zero-order valence-electron chi connectivity index (χ0n) is 8.45. The van der Waals surface area contributed by atoms with Crippen molar-refractivity contribution in [1.29, 1.82) is 0 Å². The predicted octanol–water partition coefficient (Wildman–Crippen LogP) is -1.80. The molecule has 1 rings (SSSR count). The molecular weight excluding hydrogens is 230 g/mol. The van der Waals surface area contributed by atoms with E-state index in [0.717, 1.165) is 6.07 Å². The van der Waals surface area contributed by atoms with Gasteiger partial charge in [0.1, 0.15) is 11.6 Å². The van der Waals surface area contributed by atoms with Gasteiger partial charge in [0.15, 0.2) is 0 Å². The molecule has 0 radical (unpaired) electrons. The number of benzene rings is 1. The summed E-state index contributed by atoms with van der Waals surface area (Å²) in [6.07, 6.45) is 0.116. The van der Waals surface area contributed by atoms with Crippen LogP contribution >= 0.6 is 0 Å². The quantitative estimate of drug-likeness (QED) is 0.461. The smallest absolute Gasteiger partial charge is 0.768 e. The summed E-state index contributed by atoms with van der Waals surface area (Å²) < 4.78 is 33.9. The van der Waals surface area contributed by atoms with Crippen molar-refractivity contribution in [3.05, 3.63) is 29.6 Å². The first kappa shape index (κ1) is 14.9. The van der Waals surface area contributed by atoms with Crippen molar-refractivity contribution in [3.63, 3.8) is 0 Å². The molecule has 0 spiro atoms. The second-order valence-corrected chi connectivity index (χ2v) is 3.79. The number of carbonyl (C=O) groups is 1. The van der Waals surface area contributed by atoms with E-state index in [9.17, 15) is 17.9 Å². The van der Waals surface area contributed by atoms with E-state index in [1.54, 1.807) is 0 Å². The number of hydrogen-bond donors (Lipinski definition) is 0. The Labute approximate surface area is 112 Å². The maximum absolute atomic E-state index is 12.9. The first-order valence-corrected chi connectivity index (χ1v) is 4.95. The van der Waals surface area contributed by atoms with Crippen LogP contribution in [0, 0.1) is 5.82 Å². The van der Waals surface area contributed by atoms with Crippen molar-refractivity contribution < 1.29 is 47.5 Å². The number of halogens is 1. The monoisotopic (exact) mass is 238 g/mol. The molecule has 3 nitrogen and oxygen atoms in total. The molecule has 1 unspecified atom stereocenters. The second kappa shape index (κ2) is 6.50. The van der Waals surface area contributed by atoms with Crippen molar-refractivity contribution in [2.75, 3.05) is 0 Å². The largest absolute Gasteiger partial charge is 1.00 e. The molecule has 1 aromatic rings. The van der Waals surface area contributed by atoms with Gasteiger partial charge < -0.3 is 4.55 Å². The van der Waals surface area contributed by atoms with Crippen LogP contribution in [0.3, 0.4) is 0 Å². The van der Waals surface area contributed by atoms with Gasteiger partial charge in [0.2, 0.25) is 0 Å². The van der Waals surface area contributed by atoms with Crippen LogP contribution in [-0.4, -0.2) is 14.5 Å². The zero-order chi connectivity index (χ0) is 10.7. The molecule has 0 saturated heterocycles. The van der Waals surface area contributed by atoms with Gasteiger partial charge >= 0.3 is 29.6 Å². The van der Waals surface area contributed by atoms with Crippen molar-refractivity contribution >= 4 is 16.9 Å². The Kier molecular flexibility index (Phi) is 6.47. The molecule has 1 aromatic carbocycles. The number of carbonyl (C=O) groups excluding carboxylic acids is 1. The minimum atomic E-state index is -2.60. The van der Waals surface area contributed by atoms with E-state index in [-0.39, 0.29) is 41.8 Å². The average Bonchev–Trinajstić information content (AvgIpc) is 2.07. The summed E-state index contributed by atoms with van der Waals surface area (Å²) in [5.74, 6) is -0.898. The molecule has 0 bridgehead atoms. The summed E-state index contributed by atoms with van der Waals surface area (Å²) in [5, 5.41) is 0. The minimum absolute atomic E-state index is 0. The number of Topliss-reactive ketones (excluding diaryl/α,β-unsaturated/α-hetero) is 1. The SMILES string of the molecule is CC(=O)Cc1ccc(F)c(S(=O)[O-])c1.[Na+]. The first-order valence-electron chi connectivity index (χ1n) is 3.88. The van der Waals surface area contributed by atoms with E-state index in [4.69, 9.17) is 0 Å². The molecule has 0 aromatic heterocycles. The van der Waals surface area contributed by atoms with E-state index in [2.05, 4.69) is 0 Å². The molecule has 0 aliphatic rings. The Morgan fingerprint density at radius 2 is 2.13 bits per heavy atom. The van der Waals surface area contributed by atoms with Gasteiger partial charge in [-0.05, 0) is 35.7 Å². The van der Waals surface area contributed by atoms with Crippen LogP contribution in [-0.2, 0) is 22.3 Å². The minimum Gasteiger partial charge on any atom is -0.768 e. The average molecular weight is 238 g/mol. The third kappa shape index (κ3) is 4.53. The van der Waals surface area contributed by atoms with Gasteiger partial charge in [-0.2, -0.15) is 0 Å². The van der Waals surface area contributed by atoms with E-state index in [1.165, 1.54) is 19.1 Å². The van der Waals surface area contributed by atoms with Crippen LogP contribution in [0.4, 0.5) is 4.39 Å². The van der Waals surface area contributed by atoms with Gasteiger partial charge in [0, 0.05) is 6.42 Å². The second-order valence-electron chi connectivity index (χ2n) is 2.88. The molecular formula is C9H8FNaO3S. The van der Waals surface area contributed by atoms with E-state index >= 15 is 0 Å². The van der Waals surface area contributed by atoms with Gasteiger partial charge in [-0.1, -0.05) is 6.07 Å². The summed E-state index contributed by atoms with van der Waals surface area (Å²) >= 11 is -2.60. The van der Waals surface area contributed by atoms with Crippen LogP contribution in [0.5, 0.6) is 0 Å². The molecule has 1 atom stereocenters. The normalized spacial score (nSPS) is 11.7. The molecule has 0 aliphatic heterocycles. The standard InChI is InChI=1S/C9H9FO3S.Na/c1-6(11)4-7-2-3-8(10)9(5-7)14(12)13;/h2-3,5H,4H2,1H3,(H,12,13);/q;+1/p-1. The van der Waals surface area contributed by atoms with Gasteiger partial charge in [0.25, 0.3) is 0 Å². The molecule has 0 aliphatic carbocycles. The third-order valence-electron chi connectivity index (χ3n) is 1.63.